The van der Waals surface area contributed by atoms with Crippen molar-refractivity contribution in [2.75, 3.05) is 23.9 Å². The van der Waals surface area contributed by atoms with E-state index in [9.17, 15) is 9.59 Å². The molecule has 1 unspecified atom stereocenters. The zero-order valence-electron chi connectivity index (χ0n) is 15.0. The number of amides is 2. The van der Waals surface area contributed by atoms with Crippen molar-refractivity contribution in [3.8, 4) is 5.75 Å². The second-order valence-electron chi connectivity index (χ2n) is 6.59. The third kappa shape index (κ3) is 3.24. The Balaban J connectivity index is 1.54. The minimum absolute atomic E-state index is 0.0717. The highest BCUT2D eigenvalue weighted by Gasteiger charge is 2.36. The van der Waals surface area contributed by atoms with Gasteiger partial charge in [0.25, 0.3) is 0 Å². The van der Waals surface area contributed by atoms with E-state index in [-0.39, 0.29) is 18.2 Å². The fraction of sp³-hybridized carbons (Fsp3) is 0.182. The number of nitrogens with zero attached hydrogens (tertiary/aromatic N) is 1. The van der Waals surface area contributed by atoms with E-state index in [1.165, 1.54) is 0 Å². The molecule has 0 aliphatic carbocycles. The second-order valence-corrected chi connectivity index (χ2v) is 6.59. The van der Waals surface area contributed by atoms with Crippen molar-refractivity contribution >= 4 is 34.0 Å². The summed E-state index contributed by atoms with van der Waals surface area (Å²) in [5, 5.41) is 5.05. The summed E-state index contributed by atoms with van der Waals surface area (Å²) in [6, 6.07) is 21.1. The number of methoxy groups -OCH3 is 1. The lowest BCUT2D eigenvalue weighted by Gasteiger charge is -2.19. The predicted molar refractivity (Wildman–Crippen MR) is 106 cm³/mol. The van der Waals surface area contributed by atoms with E-state index in [1.807, 2.05) is 66.7 Å². The van der Waals surface area contributed by atoms with Gasteiger partial charge in [0.15, 0.2) is 0 Å². The van der Waals surface area contributed by atoms with Gasteiger partial charge in [0.05, 0.1) is 18.7 Å². The number of hydrogen-bond donors (Lipinski definition) is 1. The van der Waals surface area contributed by atoms with Gasteiger partial charge in [-0.15, -0.1) is 0 Å². The van der Waals surface area contributed by atoms with Gasteiger partial charge in [-0.2, -0.15) is 0 Å². The van der Waals surface area contributed by atoms with Crippen LogP contribution in [-0.2, 0) is 9.59 Å². The fourth-order valence-electron chi connectivity index (χ4n) is 3.54. The minimum Gasteiger partial charge on any atom is -0.495 e. The Kier molecular flexibility index (Phi) is 4.50. The number of carbonyl (C=O) groups is 2. The van der Waals surface area contributed by atoms with E-state index in [2.05, 4.69) is 5.32 Å². The molecule has 1 heterocycles. The van der Waals surface area contributed by atoms with Gasteiger partial charge in [0.2, 0.25) is 11.8 Å². The van der Waals surface area contributed by atoms with E-state index >= 15 is 0 Å². The number of anilines is 2. The summed E-state index contributed by atoms with van der Waals surface area (Å²) in [6.07, 6.45) is 0.189. The standard InChI is InChI=1S/C22H20N2O3/c1-27-20-12-5-4-11-19(20)24-14-16(13-21(24)25)22(26)23-18-10-6-8-15-7-2-3-9-17(15)18/h2-12,16H,13-14H2,1H3,(H,23,26). The maximum Gasteiger partial charge on any atom is 0.229 e. The molecule has 3 aromatic rings. The van der Waals surface area contributed by atoms with Gasteiger partial charge >= 0.3 is 0 Å². The van der Waals surface area contributed by atoms with Crippen molar-refractivity contribution in [2.45, 2.75) is 6.42 Å². The maximum atomic E-state index is 12.8. The topological polar surface area (TPSA) is 58.6 Å². The highest BCUT2D eigenvalue weighted by molar-refractivity contribution is 6.07. The van der Waals surface area contributed by atoms with Crippen LogP contribution in [0.15, 0.2) is 66.7 Å². The maximum absolute atomic E-state index is 12.8. The number of hydrogen-bond acceptors (Lipinski definition) is 3. The Bertz CT molecular complexity index is 1010. The molecule has 2 amide bonds. The van der Waals surface area contributed by atoms with Crippen LogP contribution in [0, 0.1) is 5.92 Å². The molecule has 0 saturated carbocycles. The monoisotopic (exact) mass is 360 g/mol. The molecule has 4 rings (SSSR count). The molecule has 0 aromatic heterocycles. The zero-order valence-corrected chi connectivity index (χ0v) is 15.0. The van der Waals surface area contributed by atoms with Crippen LogP contribution in [0.4, 0.5) is 11.4 Å². The third-order valence-corrected chi connectivity index (χ3v) is 4.92. The SMILES string of the molecule is COc1ccccc1N1CC(C(=O)Nc2cccc3ccccc23)CC1=O. The van der Waals surface area contributed by atoms with Gasteiger partial charge in [-0.1, -0.05) is 48.5 Å². The first-order chi connectivity index (χ1) is 13.2. The smallest absolute Gasteiger partial charge is 0.229 e. The number of ether oxygens (including phenoxy) is 1. The molecule has 27 heavy (non-hydrogen) atoms. The summed E-state index contributed by atoms with van der Waals surface area (Å²) in [5.74, 6) is 0.0111. The average molecular weight is 360 g/mol. The molecule has 0 radical (unpaired) electrons. The number of para-hydroxylation sites is 2. The van der Waals surface area contributed by atoms with Crippen molar-refractivity contribution in [3.05, 3.63) is 66.7 Å². The largest absolute Gasteiger partial charge is 0.495 e. The highest BCUT2D eigenvalue weighted by Crippen LogP contribution is 2.33. The average Bonchev–Trinajstić information content (AvgIpc) is 3.10. The van der Waals surface area contributed by atoms with Gasteiger partial charge in [-0.25, -0.2) is 0 Å². The molecule has 5 heteroatoms. The van der Waals surface area contributed by atoms with Crippen LogP contribution in [-0.4, -0.2) is 25.5 Å². The lowest BCUT2D eigenvalue weighted by atomic mass is 10.1. The van der Waals surface area contributed by atoms with Gasteiger partial charge < -0.3 is 15.0 Å². The normalized spacial score (nSPS) is 16.6. The summed E-state index contributed by atoms with van der Waals surface area (Å²) in [4.78, 5) is 27.0. The highest BCUT2D eigenvalue weighted by atomic mass is 16.5. The van der Waals surface area contributed by atoms with Crippen LogP contribution < -0.4 is 15.0 Å². The lowest BCUT2D eigenvalue weighted by Crippen LogP contribution is -2.28. The number of rotatable bonds is 4. The first kappa shape index (κ1) is 17.1. The van der Waals surface area contributed by atoms with Crippen LogP contribution >= 0.6 is 0 Å². The number of nitrogens with one attached hydrogen (secondary N) is 1. The number of benzene rings is 3. The molecule has 1 atom stereocenters. The Morgan fingerprint density at radius 2 is 1.78 bits per heavy atom. The number of fused-ring (bicyclic) bond motifs is 1. The number of carbonyl (C=O) groups excluding carboxylic acids is 2. The molecule has 0 bridgehead atoms. The van der Waals surface area contributed by atoms with Crippen molar-refractivity contribution in [1.82, 2.24) is 0 Å². The Hall–Kier alpha value is -3.34. The molecule has 0 spiro atoms. The van der Waals surface area contributed by atoms with E-state index in [0.29, 0.717) is 18.0 Å². The Morgan fingerprint density at radius 1 is 1.04 bits per heavy atom. The van der Waals surface area contributed by atoms with E-state index in [1.54, 1.807) is 12.0 Å². The molecule has 1 aliphatic rings. The Morgan fingerprint density at radius 3 is 2.63 bits per heavy atom. The molecule has 1 saturated heterocycles. The van der Waals surface area contributed by atoms with Crippen LogP contribution in [0.1, 0.15) is 6.42 Å². The minimum atomic E-state index is -0.401. The summed E-state index contributed by atoms with van der Waals surface area (Å²) in [5.41, 5.74) is 1.46. The predicted octanol–water partition coefficient (Wildman–Crippen LogP) is 3.84. The first-order valence-electron chi connectivity index (χ1n) is 8.89. The molecular formula is C22H20N2O3. The van der Waals surface area contributed by atoms with Crippen LogP contribution in [0.5, 0.6) is 5.75 Å². The van der Waals surface area contributed by atoms with Gasteiger partial charge in [-0.3, -0.25) is 9.59 Å². The van der Waals surface area contributed by atoms with Gasteiger partial charge in [0, 0.05) is 24.0 Å². The first-order valence-corrected chi connectivity index (χ1v) is 8.89. The zero-order chi connectivity index (χ0) is 18.8. The molecule has 1 N–H and O–H groups in total. The van der Waals surface area contributed by atoms with Crippen molar-refractivity contribution in [3.63, 3.8) is 0 Å². The van der Waals surface area contributed by atoms with Crippen molar-refractivity contribution in [1.29, 1.82) is 0 Å². The van der Waals surface area contributed by atoms with E-state index < -0.39 is 5.92 Å². The quantitative estimate of drug-likeness (QED) is 0.769. The molecule has 136 valence electrons. The molecule has 1 fully saturated rings. The lowest BCUT2D eigenvalue weighted by molar-refractivity contribution is -0.122. The molecular weight excluding hydrogens is 340 g/mol. The third-order valence-electron chi connectivity index (χ3n) is 4.92. The van der Waals surface area contributed by atoms with Crippen molar-refractivity contribution in [2.24, 2.45) is 5.92 Å². The van der Waals surface area contributed by atoms with Crippen molar-refractivity contribution < 1.29 is 14.3 Å². The Labute approximate surface area is 157 Å². The fourth-order valence-corrected chi connectivity index (χ4v) is 3.54. The summed E-state index contributed by atoms with van der Waals surface area (Å²) >= 11 is 0. The molecule has 3 aromatic carbocycles. The van der Waals surface area contributed by atoms with Gasteiger partial charge in [-0.05, 0) is 23.6 Å². The molecule has 5 nitrogen and oxygen atoms in total. The van der Waals surface area contributed by atoms with E-state index in [0.717, 1.165) is 16.5 Å². The molecule has 1 aliphatic heterocycles. The second kappa shape index (κ2) is 7.11. The summed E-state index contributed by atoms with van der Waals surface area (Å²) in [7, 11) is 1.57. The van der Waals surface area contributed by atoms with Crippen LogP contribution in [0.3, 0.4) is 0 Å². The summed E-state index contributed by atoms with van der Waals surface area (Å²) < 4.78 is 5.35. The van der Waals surface area contributed by atoms with Crippen LogP contribution in [0.2, 0.25) is 0 Å². The van der Waals surface area contributed by atoms with Gasteiger partial charge in [0.1, 0.15) is 5.75 Å². The van der Waals surface area contributed by atoms with E-state index in [4.69, 9.17) is 4.74 Å². The summed E-state index contributed by atoms with van der Waals surface area (Å²) in [6.45, 7) is 0.343. The van der Waals surface area contributed by atoms with Crippen LogP contribution in [0.25, 0.3) is 10.8 Å².